The fraction of sp³-hybridized carbons (Fsp3) is 0.250. The molecule has 84 valence electrons. The minimum atomic E-state index is 0.506. The average molecular weight is 236 g/mol. The number of benzene rings is 1. The van der Waals surface area contributed by atoms with Gasteiger partial charge in [0.2, 0.25) is 0 Å². The Hall–Kier alpha value is -1.48. The zero-order valence-corrected chi connectivity index (χ0v) is 10.1. The minimum Gasteiger partial charge on any atom is -0.383 e. The van der Waals surface area contributed by atoms with Gasteiger partial charge in [0.1, 0.15) is 10.8 Å². The molecule has 1 aromatic carbocycles. The lowest BCUT2D eigenvalue weighted by atomic mass is 10.0. The summed E-state index contributed by atoms with van der Waals surface area (Å²) in [6.07, 6.45) is 1.57. The molecule has 0 aliphatic rings. The number of hydrogen-bond acceptors (Lipinski definition) is 2. The number of aryl methyl sites for hydroxylation is 2. The highest BCUT2D eigenvalue weighted by Crippen LogP contribution is 2.20. The van der Waals surface area contributed by atoms with Crippen LogP contribution in [-0.4, -0.2) is 9.78 Å². The number of aromatic nitrogens is 2. The van der Waals surface area contributed by atoms with Gasteiger partial charge >= 0.3 is 0 Å². The summed E-state index contributed by atoms with van der Waals surface area (Å²) >= 11 is 5.87. The summed E-state index contributed by atoms with van der Waals surface area (Å²) in [6.45, 7) is 4.84. The molecule has 0 amide bonds. The van der Waals surface area contributed by atoms with Gasteiger partial charge in [-0.15, -0.1) is 0 Å². The molecule has 1 aromatic heterocycles. The monoisotopic (exact) mass is 235 g/mol. The van der Waals surface area contributed by atoms with Gasteiger partial charge in [-0.25, -0.2) is 4.68 Å². The van der Waals surface area contributed by atoms with Crippen LogP contribution in [0.5, 0.6) is 0 Å². The van der Waals surface area contributed by atoms with Crippen LogP contribution in [0.25, 0.3) is 0 Å². The van der Waals surface area contributed by atoms with E-state index in [2.05, 4.69) is 31.1 Å². The maximum Gasteiger partial charge on any atom is 0.140 e. The third-order valence-corrected chi connectivity index (χ3v) is 3.08. The first-order valence-corrected chi connectivity index (χ1v) is 5.49. The second-order valence-corrected chi connectivity index (χ2v) is 4.31. The van der Waals surface area contributed by atoms with Crippen molar-refractivity contribution in [3.63, 3.8) is 0 Å². The van der Waals surface area contributed by atoms with Crippen LogP contribution in [-0.2, 0) is 6.54 Å². The summed E-state index contributed by atoms with van der Waals surface area (Å²) in [6, 6.07) is 6.22. The Bertz CT molecular complexity index is 497. The van der Waals surface area contributed by atoms with Crippen molar-refractivity contribution in [1.29, 1.82) is 0 Å². The Labute approximate surface area is 99.8 Å². The molecule has 0 fully saturated rings. The Morgan fingerprint density at radius 2 is 1.94 bits per heavy atom. The van der Waals surface area contributed by atoms with E-state index in [4.69, 9.17) is 17.3 Å². The predicted octanol–water partition coefficient (Wildman–Crippen LogP) is 2.78. The summed E-state index contributed by atoms with van der Waals surface area (Å²) in [5, 5.41) is 4.66. The number of halogens is 1. The summed E-state index contributed by atoms with van der Waals surface area (Å²) in [7, 11) is 0. The Balaban J connectivity index is 2.38. The quantitative estimate of drug-likeness (QED) is 0.870. The third kappa shape index (κ3) is 1.91. The van der Waals surface area contributed by atoms with Crippen LogP contribution in [0.4, 0.5) is 5.82 Å². The second-order valence-electron chi connectivity index (χ2n) is 3.91. The summed E-state index contributed by atoms with van der Waals surface area (Å²) in [4.78, 5) is 0. The van der Waals surface area contributed by atoms with Crippen LogP contribution in [0.3, 0.4) is 0 Å². The Kier molecular flexibility index (Phi) is 2.88. The van der Waals surface area contributed by atoms with Crippen molar-refractivity contribution >= 4 is 17.4 Å². The van der Waals surface area contributed by atoms with Crippen LogP contribution in [0.2, 0.25) is 5.02 Å². The molecule has 4 heteroatoms. The van der Waals surface area contributed by atoms with E-state index in [0.717, 1.165) is 0 Å². The van der Waals surface area contributed by atoms with Gasteiger partial charge in [0.05, 0.1) is 12.7 Å². The number of nitrogen functional groups attached to an aromatic ring is 1. The van der Waals surface area contributed by atoms with Gasteiger partial charge in [0.25, 0.3) is 0 Å². The van der Waals surface area contributed by atoms with E-state index in [1.165, 1.54) is 16.7 Å². The molecule has 0 spiro atoms. The van der Waals surface area contributed by atoms with Gasteiger partial charge in [0, 0.05) is 0 Å². The fourth-order valence-electron chi connectivity index (χ4n) is 1.75. The molecule has 2 N–H and O–H groups in total. The van der Waals surface area contributed by atoms with E-state index in [1.54, 1.807) is 10.9 Å². The number of nitrogens with two attached hydrogens (primary N) is 1. The van der Waals surface area contributed by atoms with Crippen LogP contribution >= 0.6 is 11.6 Å². The van der Waals surface area contributed by atoms with E-state index in [-0.39, 0.29) is 0 Å². The van der Waals surface area contributed by atoms with E-state index in [1.807, 2.05) is 6.07 Å². The maximum atomic E-state index is 5.87. The second kappa shape index (κ2) is 4.18. The first-order chi connectivity index (χ1) is 7.59. The maximum absolute atomic E-state index is 5.87. The molecule has 0 saturated heterocycles. The number of anilines is 1. The normalized spacial score (nSPS) is 10.7. The Morgan fingerprint density at radius 3 is 2.44 bits per heavy atom. The van der Waals surface area contributed by atoms with Gasteiger partial charge in [-0.05, 0) is 30.5 Å². The highest BCUT2D eigenvalue weighted by molar-refractivity contribution is 6.32. The topological polar surface area (TPSA) is 43.8 Å². The lowest BCUT2D eigenvalue weighted by Gasteiger charge is -2.10. The van der Waals surface area contributed by atoms with Crippen molar-refractivity contribution in [2.45, 2.75) is 20.4 Å². The van der Waals surface area contributed by atoms with Gasteiger partial charge in [-0.2, -0.15) is 5.10 Å². The van der Waals surface area contributed by atoms with Gasteiger partial charge in [-0.1, -0.05) is 29.8 Å². The molecule has 16 heavy (non-hydrogen) atoms. The molecule has 0 unspecified atom stereocenters. The number of hydrogen-bond donors (Lipinski definition) is 1. The lowest BCUT2D eigenvalue weighted by Crippen LogP contribution is -2.08. The molecule has 0 bridgehead atoms. The molecule has 0 saturated carbocycles. The molecular formula is C12H14ClN3. The first-order valence-electron chi connectivity index (χ1n) is 5.11. The molecule has 0 aliphatic heterocycles. The predicted molar refractivity (Wildman–Crippen MR) is 66.7 cm³/mol. The van der Waals surface area contributed by atoms with Crippen molar-refractivity contribution < 1.29 is 0 Å². The summed E-state index contributed by atoms with van der Waals surface area (Å²) < 4.78 is 1.72. The van der Waals surface area contributed by atoms with Crippen LogP contribution in [0.15, 0.2) is 24.4 Å². The molecule has 0 radical (unpaired) electrons. The van der Waals surface area contributed by atoms with Gasteiger partial charge in [-0.3, -0.25) is 0 Å². The molecule has 2 rings (SSSR count). The number of nitrogens with zero attached hydrogens (tertiary/aromatic N) is 2. The minimum absolute atomic E-state index is 0.506. The van der Waals surface area contributed by atoms with Crippen molar-refractivity contribution in [2.24, 2.45) is 0 Å². The Morgan fingerprint density at radius 1 is 1.31 bits per heavy atom. The SMILES string of the molecule is Cc1cccc(C)c1Cn1ncc(Cl)c1N. The summed E-state index contributed by atoms with van der Waals surface area (Å²) in [5.41, 5.74) is 9.55. The summed E-state index contributed by atoms with van der Waals surface area (Å²) in [5.74, 6) is 0.518. The molecule has 1 heterocycles. The lowest BCUT2D eigenvalue weighted by molar-refractivity contribution is 0.691. The molecule has 2 aromatic rings. The fourth-order valence-corrected chi connectivity index (χ4v) is 1.89. The van der Waals surface area contributed by atoms with E-state index < -0.39 is 0 Å². The van der Waals surface area contributed by atoms with Crippen LogP contribution in [0, 0.1) is 13.8 Å². The standard InChI is InChI=1S/C12H14ClN3/c1-8-4-3-5-9(2)10(8)7-16-12(14)11(13)6-15-16/h3-6H,7,14H2,1-2H3. The molecule has 3 nitrogen and oxygen atoms in total. The number of rotatable bonds is 2. The van der Waals surface area contributed by atoms with Gasteiger partial charge in [0.15, 0.2) is 0 Å². The van der Waals surface area contributed by atoms with Crippen molar-refractivity contribution in [3.05, 3.63) is 46.1 Å². The zero-order valence-electron chi connectivity index (χ0n) is 9.37. The first kappa shape index (κ1) is 11.0. The smallest absolute Gasteiger partial charge is 0.140 e. The van der Waals surface area contributed by atoms with Crippen molar-refractivity contribution in [1.82, 2.24) is 9.78 Å². The molecular weight excluding hydrogens is 222 g/mol. The highest BCUT2D eigenvalue weighted by atomic mass is 35.5. The van der Waals surface area contributed by atoms with Crippen molar-refractivity contribution in [3.8, 4) is 0 Å². The van der Waals surface area contributed by atoms with E-state index in [9.17, 15) is 0 Å². The van der Waals surface area contributed by atoms with Crippen molar-refractivity contribution in [2.75, 3.05) is 5.73 Å². The molecule has 0 atom stereocenters. The zero-order chi connectivity index (χ0) is 11.7. The highest BCUT2D eigenvalue weighted by Gasteiger charge is 2.08. The average Bonchev–Trinajstić information content (AvgIpc) is 2.55. The third-order valence-electron chi connectivity index (χ3n) is 2.79. The molecule has 0 aliphatic carbocycles. The van der Waals surface area contributed by atoms with E-state index in [0.29, 0.717) is 17.4 Å². The van der Waals surface area contributed by atoms with Crippen LogP contribution in [0.1, 0.15) is 16.7 Å². The largest absolute Gasteiger partial charge is 0.383 e. The van der Waals surface area contributed by atoms with Crippen LogP contribution < -0.4 is 5.73 Å². The van der Waals surface area contributed by atoms with E-state index >= 15 is 0 Å². The van der Waals surface area contributed by atoms with Gasteiger partial charge < -0.3 is 5.73 Å².